The second-order valence-electron chi connectivity index (χ2n) is 6.74. The highest BCUT2D eigenvalue weighted by atomic mass is 16.5. The Morgan fingerprint density at radius 3 is 2.69 bits per heavy atom. The number of furan rings is 1. The Morgan fingerprint density at radius 1 is 1.06 bits per heavy atom. The van der Waals surface area contributed by atoms with Crippen LogP contribution in [0, 0.1) is 0 Å². The maximum Gasteiger partial charge on any atom is 0.291 e. The van der Waals surface area contributed by atoms with Crippen molar-refractivity contribution in [1.82, 2.24) is 0 Å². The van der Waals surface area contributed by atoms with E-state index in [0.29, 0.717) is 39.9 Å². The quantitative estimate of drug-likeness (QED) is 0.563. The van der Waals surface area contributed by atoms with E-state index >= 15 is 0 Å². The second-order valence-corrected chi connectivity index (χ2v) is 6.74. The van der Waals surface area contributed by atoms with Crippen molar-refractivity contribution in [3.8, 4) is 17.2 Å². The molecule has 0 unspecified atom stereocenters. The van der Waals surface area contributed by atoms with Gasteiger partial charge in [-0.3, -0.25) is 9.59 Å². The molecule has 1 aliphatic rings. The number of hydrogen-bond acceptors (Lipinski definition) is 6. The van der Waals surface area contributed by atoms with Crippen molar-refractivity contribution in [2.75, 3.05) is 24.9 Å². The van der Waals surface area contributed by atoms with Crippen molar-refractivity contribution in [3.63, 3.8) is 0 Å². The second kappa shape index (κ2) is 9.13. The Morgan fingerprint density at radius 2 is 1.88 bits per heavy atom. The number of hydrogen-bond donors (Lipinski definition) is 2. The number of anilines is 2. The summed E-state index contributed by atoms with van der Waals surface area (Å²) in [5.74, 6) is 1.46. The van der Waals surface area contributed by atoms with Crippen LogP contribution >= 0.6 is 0 Å². The summed E-state index contributed by atoms with van der Waals surface area (Å²) in [6.45, 7) is 0. The summed E-state index contributed by atoms with van der Waals surface area (Å²) in [6, 6.07) is 13.9. The molecule has 8 heteroatoms. The first-order valence-electron chi connectivity index (χ1n) is 9.65. The molecule has 3 aromatic rings. The van der Waals surface area contributed by atoms with Gasteiger partial charge in [0.2, 0.25) is 5.91 Å². The average molecular weight is 432 g/mol. The number of amides is 2. The predicted octanol–water partition coefficient (Wildman–Crippen LogP) is 4.32. The molecule has 1 aromatic heterocycles. The van der Waals surface area contributed by atoms with Gasteiger partial charge < -0.3 is 29.3 Å². The molecule has 162 valence electrons. The summed E-state index contributed by atoms with van der Waals surface area (Å²) in [4.78, 5) is 24.5. The van der Waals surface area contributed by atoms with Crippen LogP contribution in [0.1, 0.15) is 11.3 Å². The molecule has 0 spiro atoms. The fraction of sp³-hybridized carbons (Fsp3) is 0.0833. The first-order valence-corrected chi connectivity index (χ1v) is 9.65. The summed E-state index contributed by atoms with van der Waals surface area (Å²) in [5, 5.41) is 5.51. The third-order valence-corrected chi connectivity index (χ3v) is 4.57. The lowest BCUT2D eigenvalue weighted by Crippen LogP contribution is -2.23. The smallest absolute Gasteiger partial charge is 0.291 e. The summed E-state index contributed by atoms with van der Waals surface area (Å²) >= 11 is 0. The van der Waals surface area contributed by atoms with Gasteiger partial charge in [0, 0.05) is 29.5 Å². The number of para-hydroxylation sites is 2. The van der Waals surface area contributed by atoms with Crippen molar-refractivity contribution in [2.45, 2.75) is 0 Å². The summed E-state index contributed by atoms with van der Waals surface area (Å²) in [5.41, 5.74) is 1.82. The minimum Gasteiger partial charge on any atom is -0.493 e. The fourth-order valence-corrected chi connectivity index (χ4v) is 3.03. The van der Waals surface area contributed by atoms with Crippen molar-refractivity contribution < 1.29 is 28.2 Å². The molecule has 8 nitrogen and oxygen atoms in total. The Labute approximate surface area is 184 Å². The highest BCUT2D eigenvalue weighted by molar-refractivity contribution is 6.08. The first kappa shape index (κ1) is 20.8. The van der Waals surface area contributed by atoms with Gasteiger partial charge in [0.15, 0.2) is 23.0 Å². The van der Waals surface area contributed by atoms with Crippen LogP contribution in [0.4, 0.5) is 11.4 Å². The molecule has 0 saturated heterocycles. The van der Waals surface area contributed by atoms with Crippen LogP contribution < -0.4 is 24.8 Å². The molecular formula is C24H20N2O6. The standard InChI is InChI=1S/C24H20N2O6/c1-29-20-9-8-16(12-21(20)30-2)25-23(27)10-7-15-11-17(31-14-15)13-22-24(28)26-18-5-3-4-6-19(18)32-22/h3-14H,1-2H3,(H,25,27)(H,26,28)/b10-7+,22-13-. The molecule has 0 radical (unpaired) electrons. The van der Waals surface area contributed by atoms with Crippen LogP contribution in [-0.2, 0) is 9.59 Å². The lowest BCUT2D eigenvalue weighted by molar-refractivity contribution is -0.115. The van der Waals surface area contributed by atoms with Crippen LogP contribution in [0.2, 0.25) is 0 Å². The van der Waals surface area contributed by atoms with E-state index in [0.717, 1.165) is 0 Å². The average Bonchev–Trinajstić information content (AvgIpc) is 3.25. The number of carbonyl (C=O) groups is 2. The fourth-order valence-electron chi connectivity index (χ4n) is 3.03. The maximum atomic E-state index is 12.2. The maximum absolute atomic E-state index is 12.2. The highest BCUT2D eigenvalue weighted by Gasteiger charge is 2.21. The van der Waals surface area contributed by atoms with Crippen molar-refractivity contribution in [2.24, 2.45) is 0 Å². The molecule has 2 N–H and O–H groups in total. The van der Waals surface area contributed by atoms with Crippen molar-refractivity contribution >= 4 is 35.3 Å². The molecule has 0 saturated carbocycles. The van der Waals surface area contributed by atoms with E-state index in [1.807, 2.05) is 12.1 Å². The van der Waals surface area contributed by atoms with E-state index in [4.69, 9.17) is 18.6 Å². The van der Waals surface area contributed by atoms with Crippen LogP contribution in [0.15, 0.2) is 71.0 Å². The zero-order chi connectivity index (χ0) is 22.5. The number of fused-ring (bicyclic) bond motifs is 1. The van der Waals surface area contributed by atoms with Crippen LogP contribution in [0.5, 0.6) is 17.2 Å². The molecule has 0 bridgehead atoms. The van der Waals surface area contributed by atoms with Gasteiger partial charge in [0.1, 0.15) is 5.76 Å². The van der Waals surface area contributed by atoms with Crippen LogP contribution in [-0.4, -0.2) is 26.0 Å². The van der Waals surface area contributed by atoms with Gasteiger partial charge in [0.05, 0.1) is 26.2 Å². The van der Waals surface area contributed by atoms with Gasteiger partial charge in [0.25, 0.3) is 5.91 Å². The largest absolute Gasteiger partial charge is 0.493 e. The number of ether oxygens (including phenoxy) is 3. The third-order valence-electron chi connectivity index (χ3n) is 4.57. The molecule has 32 heavy (non-hydrogen) atoms. The zero-order valence-corrected chi connectivity index (χ0v) is 17.4. The number of nitrogens with one attached hydrogen (secondary N) is 2. The van der Waals surface area contributed by atoms with E-state index in [1.165, 1.54) is 25.5 Å². The lowest BCUT2D eigenvalue weighted by atomic mass is 10.2. The minimum atomic E-state index is -0.369. The Hall–Kier alpha value is -4.46. The van der Waals surface area contributed by atoms with E-state index in [-0.39, 0.29) is 17.6 Å². The van der Waals surface area contributed by atoms with Gasteiger partial charge >= 0.3 is 0 Å². The van der Waals surface area contributed by atoms with E-state index in [2.05, 4.69) is 10.6 Å². The van der Waals surface area contributed by atoms with Gasteiger partial charge in [-0.25, -0.2) is 0 Å². The molecule has 0 aliphatic carbocycles. The molecular weight excluding hydrogens is 412 g/mol. The number of methoxy groups -OCH3 is 2. The minimum absolute atomic E-state index is 0.111. The molecule has 1 aliphatic heterocycles. The van der Waals surface area contributed by atoms with Crippen molar-refractivity contribution in [3.05, 3.63) is 78.0 Å². The van der Waals surface area contributed by atoms with E-state index < -0.39 is 0 Å². The monoisotopic (exact) mass is 432 g/mol. The zero-order valence-electron chi connectivity index (χ0n) is 17.4. The SMILES string of the molecule is COc1ccc(NC(=O)/C=C/c2coc(/C=C3\Oc4ccccc4NC3=O)c2)cc1OC. The van der Waals surface area contributed by atoms with Crippen LogP contribution in [0.25, 0.3) is 12.2 Å². The predicted molar refractivity (Wildman–Crippen MR) is 120 cm³/mol. The molecule has 2 aromatic carbocycles. The van der Waals surface area contributed by atoms with E-state index in [9.17, 15) is 9.59 Å². The van der Waals surface area contributed by atoms with E-state index in [1.54, 1.807) is 49.6 Å². The van der Waals surface area contributed by atoms with Gasteiger partial charge in [-0.05, 0) is 36.4 Å². The molecule has 0 atom stereocenters. The summed E-state index contributed by atoms with van der Waals surface area (Å²) in [6.07, 6.45) is 5.94. The Kier molecular flexibility index (Phi) is 5.94. The topological polar surface area (TPSA) is 99.0 Å². The summed E-state index contributed by atoms with van der Waals surface area (Å²) < 4.78 is 21.5. The first-order chi connectivity index (χ1) is 15.6. The van der Waals surface area contributed by atoms with Gasteiger partial charge in [-0.15, -0.1) is 0 Å². The summed E-state index contributed by atoms with van der Waals surface area (Å²) in [7, 11) is 3.07. The Balaban J connectivity index is 1.41. The van der Waals surface area contributed by atoms with Gasteiger partial charge in [-0.1, -0.05) is 12.1 Å². The molecule has 2 amide bonds. The van der Waals surface area contributed by atoms with Crippen molar-refractivity contribution in [1.29, 1.82) is 0 Å². The number of benzene rings is 2. The third kappa shape index (κ3) is 4.65. The van der Waals surface area contributed by atoms with Crippen LogP contribution in [0.3, 0.4) is 0 Å². The normalized spacial score (nSPS) is 13.9. The lowest BCUT2D eigenvalue weighted by Gasteiger charge is -2.19. The van der Waals surface area contributed by atoms with Gasteiger partial charge in [-0.2, -0.15) is 0 Å². The molecule has 0 fully saturated rings. The molecule has 2 heterocycles. The molecule has 4 rings (SSSR count). The number of rotatable bonds is 6. The Bertz CT molecular complexity index is 1220. The highest BCUT2D eigenvalue weighted by Crippen LogP contribution is 2.31. The number of carbonyl (C=O) groups excluding carboxylic acids is 2.